The van der Waals surface area contributed by atoms with Gasteiger partial charge in [-0.05, 0) is 27.3 Å². The maximum atomic E-state index is 2.50. The minimum atomic E-state index is -0.124. The topological polar surface area (TPSA) is 0 Å². The van der Waals surface area contributed by atoms with Gasteiger partial charge in [-0.3, -0.25) is 0 Å². The van der Waals surface area contributed by atoms with Crippen LogP contribution in [-0.4, -0.2) is 21.6 Å². The first-order chi connectivity index (χ1) is 12.8. The van der Waals surface area contributed by atoms with Crippen molar-refractivity contribution in [1.29, 1.82) is 0 Å². The third-order valence-corrected chi connectivity index (χ3v) is 12.2. The quantitative estimate of drug-likeness (QED) is 0.231. The second-order valence-electron chi connectivity index (χ2n) is 10.3. The van der Waals surface area contributed by atoms with Gasteiger partial charge in [-0.1, -0.05) is 84.1 Å². The molecular weight excluding hydrogens is 430 g/mol. The van der Waals surface area contributed by atoms with E-state index in [4.69, 9.17) is 0 Å². The Balaban J connectivity index is 0.00000113. The average molecular weight is 474 g/mol. The van der Waals surface area contributed by atoms with E-state index in [1.54, 1.807) is 10.9 Å². The monoisotopic (exact) mass is 474 g/mol. The molecule has 1 unspecified atom stereocenters. The fourth-order valence-corrected chi connectivity index (χ4v) is 12.9. The Bertz CT molecular complexity index is 614. The summed E-state index contributed by atoms with van der Waals surface area (Å²) in [6.07, 6.45) is 0. The predicted octanol–water partition coefficient (Wildman–Crippen LogP) is 8.87. The fourth-order valence-electron chi connectivity index (χ4n) is 4.79. The summed E-state index contributed by atoms with van der Waals surface area (Å²) in [5.74, 6) is 0. The summed E-state index contributed by atoms with van der Waals surface area (Å²) >= 11 is 0. The predicted molar refractivity (Wildman–Crippen MR) is 136 cm³/mol. The van der Waals surface area contributed by atoms with Crippen LogP contribution in [0, 0.1) is 0 Å². The Morgan fingerprint density at radius 1 is 0.759 bits per heavy atom. The molecule has 0 aliphatic carbocycles. The second kappa shape index (κ2) is 12.2. The van der Waals surface area contributed by atoms with Crippen molar-refractivity contribution in [2.45, 2.75) is 103 Å². The van der Waals surface area contributed by atoms with E-state index in [1.807, 2.05) is 30.3 Å². The Labute approximate surface area is 195 Å². The molecule has 0 nitrogen and oxygen atoms in total. The standard InChI is InChI=1S/C21H39P2.C5H5.Fe/c1-15(2)22(16(3)4)19-14-12-13-18(19)17(5)23(20(6,7)8)21(9,10)11;1-2-4-5-3-1;/h12-17H,1-11H3;1-5H;/q-1;-5;. The third kappa shape index (κ3) is 8.62. The molecule has 29 heavy (non-hydrogen) atoms. The Hall–Kier alpha value is 0.0795. The van der Waals surface area contributed by atoms with Crippen LogP contribution in [0.15, 0.2) is 48.5 Å². The molecule has 2 rings (SSSR count). The molecule has 0 spiro atoms. The molecule has 0 aliphatic heterocycles. The van der Waals surface area contributed by atoms with E-state index in [0.29, 0.717) is 16.0 Å². The molecule has 0 aliphatic rings. The molecule has 1 atom stereocenters. The van der Waals surface area contributed by atoms with E-state index in [-0.39, 0.29) is 32.9 Å². The van der Waals surface area contributed by atoms with Crippen molar-refractivity contribution in [2.24, 2.45) is 0 Å². The normalized spacial score (nSPS) is 13.5. The van der Waals surface area contributed by atoms with Crippen molar-refractivity contribution < 1.29 is 17.1 Å². The minimum absolute atomic E-state index is 0. The summed E-state index contributed by atoms with van der Waals surface area (Å²) in [5, 5.41) is 2.43. The summed E-state index contributed by atoms with van der Waals surface area (Å²) in [4.78, 5) is 0. The van der Waals surface area contributed by atoms with E-state index in [1.165, 1.54) is 0 Å². The number of hydrogen-bond donors (Lipinski definition) is 0. The van der Waals surface area contributed by atoms with Crippen LogP contribution in [0.4, 0.5) is 0 Å². The summed E-state index contributed by atoms with van der Waals surface area (Å²) < 4.78 is 0. The van der Waals surface area contributed by atoms with Crippen LogP contribution >= 0.6 is 15.8 Å². The molecule has 0 aromatic heterocycles. The minimum Gasteiger partial charge on any atom is -0.748 e. The zero-order chi connectivity index (χ0) is 21.7. The first kappa shape index (κ1) is 29.1. The molecule has 0 saturated carbocycles. The molecule has 0 fully saturated rings. The van der Waals surface area contributed by atoms with Crippen LogP contribution < -0.4 is 5.30 Å². The first-order valence-electron chi connectivity index (χ1n) is 10.8. The van der Waals surface area contributed by atoms with Crippen LogP contribution in [0.5, 0.6) is 0 Å². The molecule has 172 valence electrons. The summed E-state index contributed by atoms with van der Waals surface area (Å²) in [6, 6.07) is 17.2. The molecule has 2 aromatic rings. The summed E-state index contributed by atoms with van der Waals surface area (Å²) in [7, 11) is -0.200. The second-order valence-corrected chi connectivity index (χ2v) is 17.9. The van der Waals surface area contributed by atoms with E-state index < -0.39 is 0 Å². The van der Waals surface area contributed by atoms with Crippen molar-refractivity contribution in [3.05, 3.63) is 54.1 Å². The van der Waals surface area contributed by atoms with Gasteiger partial charge >= 0.3 is 0 Å². The zero-order valence-electron chi connectivity index (χ0n) is 20.6. The van der Waals surface area contributed by atoms with Gasteiger partial charge in [0.15, 0.2) is 0 Å². The Morgan fingerprint density at radius 2 is 1.14 bits per heavy atom. The maximum Gasteiger partial charge on any atom is 0 e. The SMILES string of the molecule is CC(C)P([c-]1cccc1C(C)P(C(C)(C)C)C(C)(C)C)C(C)C.[Fe].[cH-]1[cH-][cH-][cH-][cH-]1. The molecule has 0 amide bonds. The van der Waals surface area contributed by atoms with E-state index in [0.717, 1.165) is 11.3 Å². The molecule has 0 N–H and O–H groups in total. The van der Waals surface area contributed by atoms with Gasteiger partial charge in [-0.15, -0.1) is 13.2 Å². The molecule has 2 aromatic carbocycles. The molecule has 3 heteroatoms. The summed E-state index contributed by atoms with van der Waals surface area (Å²) in [5.41, 5.74) is 3.83. The molecule has 0 saturated heterocycles. The van der Waals surface area contributed by atoms with Gasteiger partial charge in [0.1, 0.15) is 0 Å². The van der Waals surface area contributed by atoms with Crippen molar-refractivity contribution >= 4 is 21.1 Å². The van der Waals surface area contributed by atoms with Gasteiger partial charge in [-0.25, -0.2) is 12.1 Å². The Morgan fingerprint density at radius 3 is 1.45 bits per heavy atom. The van der Waals surface area contributed by atoms with Crippen LogP contribution in [0.25, 0.3) is 0 Å². The van der Waals surface area contributed by atoms with Gasteiger partial charge in [-0.2, -0.15) is 11.6 Å². The van der Waals surface area contributed by atoms with Crippen molar-refractivity contribution in [2.75, 3.05) is 0 Å². The van der Waals surface area contributed by atoms with E-state index >= 15 is 0 Å². The van der Waals surface area contributed by atoms with Gasteiger partial charge in [0.25, 0.3) is 0 Å². The Kier molecular flexibility index (Phi) is 12.2. The van der Waals surface area contributed by atoms with Crippen LogP contribution in [0.3, 0.4) is 0 Å². The average Bonchev–Trinajstić information content (AvgIpc) is 3.18. The van der Waals surface area contributed by atoms with Gasteiger partial charge < -0.3 is 30.3 Å². The number of rotatable bonds is 5. The molecule has 0 heterocycles. The maximum absolute atomic E-state index is 2.50. The van der Waals surface area contributed by atoms with Crippen LogP contribution in [-0.2, 0) is 17.1 Å². The van der Waals surface area contributed by atoms with E-state index in [2.05, 4.69) is 94.4 Å². The van der Waals surface area contributed by atoms with Gasteiger partial charge in [0.2, 0.25) is 0 Å². The fraction of sp³-hybridized carbons (Fsp3) is 0.615. The van der Waals surface area contributed by atoms with Crippen molar-refractivity contribution in [3.63, 3.8) is 0 Å². The van der Waals surface area contributed by atoms with Crippen molar-refractivity contribution in [1.82, 2.24) is 0 Å². The van der Waals surface area contributed by atoms with E-state index in [9.17, 15) is 0 Å². The number of hydrogen-bond acceptors (Lipinski definition) is 0. The van der Waals surface area contributed by atoms with Crippen LogP contribution in [0.1, 0.15) is 87.4 Å². The molecular formula is C26H44FeP2-6. The van der Waals surface area contributed by atoms with Crippen molar-refractivity contribution in [3.8, 4) is 0 Å². The first-order valence-corrected chi connectivity index (χ1v) is 13.7. The zero-order valence-corrected chi connectivity index (χ0v) is 23.5. The smallest absolute Gasteiger partial charge is 0 e. The largest absolute Gasteiger partial charge is 0.748 e. The molecule has 0 radical (unpaired) electrons. The van der Waals surface area contributed by atoms with Gasteiger partial charge in [0.05, 0.1) is 0 Å². The third-order valence-electron chi connectivity index (χ3n) is 5.05. The van der Waals surface area contributed by atoms with Gasteiger partial charge in [0, 0.05) is 17.1 Å². The summed E-state index contributed by atoms with van der Waals surface area (Å²) in [6.45, 7) is 26.8. The van der Waals surface area contributed by atoms with Crippen LogP contribution in [0.2, 0.25) is 0 Å². The molecule has 0 bridgehead atoms.